The van der Waals surface area contributed by atoms with Crippen LogP contribution in [0.25, 0.3) is 0 Å². The van der Waals surface area contributed by atoms with Gasteiger partial charge < -0.3 is 10.1 Å². The summed E-state index contributed by atoms with van der Waals surface area (Å²) in [4.78, 5) is 13.1. The standard InChI is InChI=1S/C24H23FN2O4S/c1-31-21-8-4-5-17(13-21)15-26-24(28)23-14-18-6-2-3-7-19(18)16-27(23)32(29,30)22-11-9-20(25)10-12-22/h2-13,23H,14-16H2,1H3,(H,26,28)/t23-/m1/s1. The van der Waals surface area contributed by atoms with Crippen molar-refractivity contribution in [3.05, 3.63) is 95.3 Å². The summed E-state index contributed by atoms with van der Waals surface area (Å²) in [6.45, 7) is 0.297. The minimum Gasteiger partial charge on any atom is -0.497 e. The third kappa shape index (κ3) is 4.51. The number of nitrogens with one attached hydrogen (secondary N) is 1. The molecule has 1 aliphatic rings. The number of halogens is 1. The summed E-state index contributed by atoms with van der Waals surface area (Å²) in [5.41, 5.74) is 2.61. The summed E-state index contributed by atoms with van der Waals surface area (Å²) in [5, 5.41) is 2.85. The first-order chi connectivity index (χ1) is 15.4. The molecule has 0 saturated carbocycles. The van der Waals surface area contributed by atoms with Crippen LogP contribution in [-0.2, 0) is 34.3 Å². The lowest BCUT2D eigenvalue weighted by molar-refractivity contribution is -0.125. The van der Waals surface area contributed by atoms with Crippen LogP contribution in [0.4, 0.5) is 4.39 Å². The Morgan fingerprint density at radius 2 is 1.78 bits per heavy atom. The van der Waals surface area contributed by atoms with Crippen LogP contribution in [0.3, 0.4) is 0 Å². The Kier molecular flexibility index (Phi) is 6.25. The second kappa shape index (κ2) is 9.10. The molecule has 166 valence electrons. The molecule has 1 N–H and O–H groups in total. The average Bonchev–Trinajstić information content (AvgIpc) is 2.82. The van der Waals surface area contributed by atoms with Crippen LogP contribution in [0.1, 0.15) is 16.7 Å². The maximum atomic E-state index is 13.4. The number of hydrogen-bond donors (Lipinski definition) is 1. The summed E-state index contributed by atoms with van der Waals surface area (Å²) in [7, 11) is -2.46. The number of fused-ring (bicyclic) bond motifs is 1. The highest BCUT2D eigenvalue weighted by atomic mass is 32.2. The van der Waals surface area contributed by atoms with Crippen molar-refractivity contribution in [3.63, 3.8) is 0 Å². The lowest BCUT2D eigenvalue weighted by atomic mass is 9.95. The predicted molar refractivity (Wildman–Crippen MR) is 118 cm³/mol. The Labute approximate surface area is 186 Å². The van der Waals surface area contributed by atoms with E-state index < -0.39 is 27.8 Å². The van der Waals surface area contributed by atoms with Gasteiger partial charge in [0.1, 0.15) is 17.6 Å². The van der Waals surface area contributed by atoms with Crippen molar-refractivity contribution >= 4 is 15.9 Å². The average molecular weight is 455 g/mol. The van der Waals surface area contributed by atoms with Crippen LogP contribution in [0.15, 0.2) is 77.7 Å². The molecule has 0 unspecified atom stereocenters. The van der Waals surface area contributed by atoms with E-state index in [2.05, 4.69) is 5.32 Å². The molecule has 8 heteroatoms. The second-order valence-corrected chi connectivity index (χ2v) is 9.45. The van der Waals surface area contributed by atoms with Gasteiger partial charge in [0.25, 0.3) is 0 Å². The van der Waals surface area contributed by atoms with E-state index >= 15 is 0 Å². The van der Waals surface area contributed by atoms with Gasteiger partial charge in [-0.25, -0.2) is 12.8 Å². The highest BCUT2D eigenvalue weighted by Crippen LogP contribution is 2.29. The second-order valence-electron chi connectivity index (χ2n) is 7.56. The molecule has 1 heterocycles. The minimum absolute atomic E-state index is 0.0520. The SMILES string of the molecule is COc1cccc(CNC(=O)[C@H]2Cc3ccccc3CN2S(=O)(=O)c2ccc(F)cc2)c1. The van der Waals surface area contributed by atoms with Crippen molar-refractivity contribution in [2.24, 2.45) is 0 Å². The first-order valence-corrected chi connectivity index (χ1v) is 11.6. The summed E-state index contributed by atoms with van der Waals surface area (Å²) >= 11 is 0. The number of rotatable bonds is 6. The lowest BCUT2D eigenvalue weighted by Crippen LogP contribution is -2.52. The van der Waals surface area contributed by atoms with Crippen molar-refractivity contribution in [2.75, 3.05) is 7.11 Å². The maximum Gasteiger partial charge on any atom is 0.244 e. The normalized spacial score (nSPS) is 16.2. The van der Waals surface area contributed by atoms with E-state index in [1.165, 1.54) is 16.4 Å². The summed E-state index contributed by atoms with van der Waals surface area (Å²) in [5.74, 6) is -0.252. The molecule has 0 fully saturated rings. The molecule has 32 heavy (non-hydrogen) atoms. The largest absolute Gasteiger partial charge is 0.497 e. The van der Waals surface area contributed by atoms with Gasteiger partial charge in [-0.2, -0.15) is 4.31 Å². The molecule has 0 aromatic heterocycles. The molecule has 1 amide bonds. The first kappa shape index (κ1) is 22.0. The van der Waals surface area contributed by atoms with Gasteiger partial charge in [0.15, 0.2) is 0 Å². The zero-order valence-electron chi connectivity index (χ0n) is 17.5. The zero-order chi connectivity index (χ0) is 22.7. The van der Waals surface area contributed by atoms with Gasteiger partial charge in [-0.15, -0.1) is 0 Å². The number of ether oxygens (including phenoxy) is 1. The number of sulfonamides is 1. The van der Waals surface area contributed by atoms with Crippen LogP contribution < -0.4 is 10.1 Å². The lowest BCUT2D eigenvalue weighted by Gasteiger charge is -2.35. The van der Waals surface area contributed by atoms with Crippen molar-refractivity contribution in [2.45, 2.75) is 30.4 Å². The molecule has 3 aromatic carbocycles. The fourth-order valence-corrected chi connectivity index (χ4v) is 5.37. The highest BCUT2D eigenvalue weighted by Gasteiger charge is 2.39. The quantitative estimate of drug-likeness (QED) is 0.620. The minimum atomic E-state index is -4.02. The van der Waals surface area contributed by atoms with Gasteiger partial charge in [-0.3, -0.25) is 4.79 Å². The molecular weight excluding hydrogens is 431 g/mol. The Bertz CT molecular complexity index is 1230. The molecule has 0 spiro atoms. The van der Waals surface area contributed by atoms with Gasteiger partial charge in [-0.1, -0.05) is 36.4 Å². The number of amides is 1. The fraction of sp³-hybridized carbons (Fsp3) is 0.208. The Balaban J connectivity index is 1.62. The van der Waals surface area contributed by atoms with E-state index in [1.54, 1.807) is 13.2 Å². The maximum absolute atomic E-state index is 13.4. The van der Waals surface area contributed by atoms with Gasteiger partial charge in [0.2, 0.25) is 15.9 Å². The van der Waals surface area contributed by atoms with Crippen molar-refractivity contribution in [3.8, 4) is 5.75 Å². The van der Waals surface area contributed by atoms with Gasteiger partial charge in [-0.05, 0) is 59.5 Å². The van der Waals surface area contributed by atoms with Crippen LogP contribution in [0.5, 0.6) is 5.75 Å². The Hall–Kier alpha value is -3.23. The predicted octanol–water partition coefficient (Wildman–Crippen LogP) is 3.27. The summed E-state index contributed by atoms with van der Waals surface area (Å²) in [6.07, 6.45) is 0.251. The van der Waals surface area contributed by atoms with E-state index in [0.29, 0.717) is 5.75 Å². The number of carbonyl (C=O) groups excluding carboxylic acids is 1. The number of hydrogen-bond acceptors (Lipinski definition) is 4. The Morgan fingerprint density at radius 3 is 2.50 bits per heavy atom. The zero-order valence-corrected chi connectivity index (χ0v) is 18.3. The van der Waals surface area contributed by atoms with Crippen molar-refractivity contribution in [1.82, 2.24) is 9.62 Å². The molecule has 1 aliphatic heterocycles. The molecule has 0 saturated heterocycles. The molecular formula is C24H23FN2O4S. The molecule has 0 bridgehead atoms. The van der Waals surface area contributed by atoms with E-state index in [9.17, 15) is 17.6 Å². The van der Waals surface area contributed by atoms with Crippen LogP contribution in [0.2, 0.25) is 0 Å². The van der Waals surface area contributed by atoms with Crippen molar-refractivity contribution < 1.29 is 22.3 Å². The first-order valence-electron chi connectivity index (χ1n) is 10.1. The van der Waals surface area contributed by atoms with Crippen LogP contribution in [-0.4, -0.2) is 31.8 Å². The monoisotopic (exact) mass is 454 g/mol. The van der Waals surface area contributed by atoms with E-state index in [-0.39, 0.29) is 24.4 Å². The molecule has 4 rings (SSSR count). The summed E-state index contributed by atoms with van der Waals surface area (Å²) in [6, 6.07) is 18.5. The smallest absolute Gasteiger partial charge is 0.244 e. The molecule has 0 radical (unpaired) electrons. The summed E-state index contributed by atoms with van der Waals surface area (Å²) < 4.78 is 46.5. The van der Waals surface area contributed by atoms with Crippen LogP contribution in [0, 0.1) is 5.82 Å². The number of nitrogens with zero attached hydrogens (tertiary/aromatic N) is 1. The van der Waals surface area contributed by atoms with Gasteiger partial charge in [0, 0.05) is 13.1 Å². The van der Waals surface area contributed by atoms with E-state index in [0.717, 1.165) is 28.8 Å². The van der Waals surface area contributed by atoms with Crippen molar-refractivity contribution in [1.29, 1.82) is 0 Å². The topological polar surface area (TPSA) is 75.7 Å². The highest BCUT2D eigenvalue weighted by molar-refractivity contribution is 7.89. The van der Waals surface area contributed by atoms with E-state index in [1.807, 2.05) is 42.5 Å². The molecule has 1 atom stereocenters. The Morgan fingerprint density at radius 1 is 1.06 bits per heavy atom. The molecule has 0 aliphatic carbocycles. The van der Waals surface area contributed by atoms with Crippen LogP contribution >= 0.6 is 0 Å². The number of methoxy groups -OCH3 is 1. The third-order valence-corrected chi connectivity index (χ3v) is 7.40. The van der Waals surface area contributed by atoms with E-state index in [4.69, 9.17) is 4.74 Å². The third-order valence-electron chi connectivity index (χ3n) is 5.53. The van der Waals surface area contributed by atoms with Gasteiger partial charge in [0.05, 0.1) is 12.0 Å². The number of carbonyl (C=O) groups is 1. The molecule has 6 nitrogen and oxygen atoms in total. The van der Waals surface area contributed by atoms with Gasteiger partial charge >= 0.3 is 0 Å². The fourth-order valence-electron chi connectivity index (χ4n) is 3.81. The molecule has 3 aromatic rings. The number of benzene rings is 3.